The monoisotopic (exact) mass is 330 g/mol. The molecule has 0 heterocycles. The zero-order valence-electron chi connectivity index (χ0n) is 12.0. The number of hydrogen-bond acceptors (Lipinski definition) is 4. The van der Waals surface area contributed by atoms with E-state index in [1.54, 1.807) is 14.2 Å². The predicted molar refractivity (Wildman–Crippen MR) is 92.1 cm³/mol. The van der Waals surface area contributed by atoms with Gasteiger partial charge in [-0.05, 0) is 41.8 Å². The lowest BCUT2D eigenvalue weighted by molar-refractivity contribution is 0.416. The van der Waals surface area contributed by atoms with Crippen molar-refractivity contribution in [2.45, 2.75) is 6.42 Å². The van der Waals surface area contributed by atoms with Gasteiger partial charge in [0.1, 0.15) is 11.5 Å². The third kappa shape index (κ3) is 4.62. The quantitative estimate of drug-likeness (QED) is 0.844. The summed E-state index contributed by atoms with van der Waals surface area (Å²) in [6, 6.07) is 11.6. The number of nitrogens with two attached hydrogens (primary N) is 2. The van der Waals surface area contributed by atoms with Gasteiger partial charge in [0.15, 0.2) is 0 Å². The van der Waals surface area contributed by atoms with Gasteiger partial charge >= 0.3 is 0 Å². The van der Waals surface area contributed by atoms with Crippen LogP contribution in [0.15, 0.2) is 36.4 Å². The number of methoxy groups -OCH3 is 2. The van der Waals surface area contributed by atoms with Crippen molar-refractivity contribution in [2.75, 3.05) is 25.7 Å². The Balaban J connectivity index is 0.00000200. The molecule has 0 radical (unpaired) electrons. The van der Waals surface area contributed by atoms with Gasteiger partial charge in [-0.2, -0.15) is 0 Å². The Morgan fingerprint density at radius 1 is 0.762 bits per heavy atom. The van der Waals surface area contributed by atoms with Gasteiger partial charge in [0.25, 0.3) is 0 Å². The molecule has 21 heavy (non-hydrogen) atoms. The van der Waals surface area contributed by atoms with Gasteiger partial charge in [0.2, 0.25) is 0 Å². The number of anilines is 2. The van der Waals surface area contributed by atoms with E-state index in [-0.39, 0.29) is 24.8 Å². The zero-order chi connectivity index (χ0) is 13.8. The molecule has 0 fully saturated rings. The highest BCUT2D eigenvalue weighted by atomic mass is 35.5. The minimum atomic E-state index is 0. The van der Waals surface area contributed by atoms with Crippen LogP contribution in [0.2, 0.25) is 0 Å². The smallest absolute Gasteiger partial charge is 0.142 e. The summed E-state index contributed by atoms with van der Waals surface area (Å²) in [5.41, 5.74) is 15.1. The maximum Gasteiger partial charge on any atom is 0.142 e. The Bertz CT molecular complexity index is 540. The van der Waals surface area contributed by atoms with E-state index >= 15 is 0 Å². The molecule has 6 heteroatoms. The van der Waals surface area contributed by atoms with Gasteiger partial charge < -0.3 is 20.9 Å². The van der Waals surface area contributed by atoms with Crippen molar-refractivity contribution < 1.29 is 9.47 Å². The zero-order valence-corrected chi connectivity index (χ0v) is 13.6. The molecule has 0 saturated carbocycles. The highest BCUT2D eigenvalue weighted by molar-refractivity contribution is 5.85. The SMILES string of the molecule is COc1cc(Cc2ccc(N)c(OC)c2)ccc1N.Cl.Cl. The maximum absolute atomic E-state index is 5.80. The van der Waals surface area contributed by atoms with E-state index in [1.165, 1.54) is 0 Å². The van der Waals surface area contributed by atoms with Gasteiger partial charge in [-0.25, -0.2) is 0 Å². The van der Waals surface area contributed by atoms with Crippen molar-refractivity contribution in [3.05, 3.63) is 47.5 Å². The van der Waals surface area contributed by atoms with Gasteiger partial charge in [-0.15, -0.1) is 24.8 Å². The average Bonchev–Trinajstić information content (AvgIpc) is 2.43. The number of rotatable bonds is 4. The molecule has 0 amide bonds. The molecule has 0 aromatic heterocycles. The molecule has 116 valence electrons. The Kier molecular flexibility index (Phi) is 7.77. The molecule has 0 aliphatic heterocycles. The van der Waals surface area contributed by atoms with Crippen LogP contribution in [-0.4, -0.2) is 14.2 Å². The fourth-order valence-corrected chi connectivity index (χ4v) is 1.97. The molecule has 4 nitrogen and oxygen atoms in total. The lowest BCUT2D eigenvalue weighted by Gasteiger charge is -2.09. The van der Waals surface area contributed by atoms with Crippen LogP contribution in [0.4, 0.5) is 11.4 Å². The van der Waals surface area contributed by atoms with Crippen molar-refractivity contribution in [1.82, 2.24) is 0 Å². The molecule has 2 aromatic rings. The third-order valence-electron chi connectivity index (χ3n) is 3.00. The van der Waals surface area contributed by atoms with Crippen molar-refractivity contribution in [3.8, 4) is 11.5 Å². The lowest BCUT2D eigenvalue weighted by Crippen LogP contribution is -1.97. The number of nitrogen functional groups attached to an aromatic ring is 2. The van der Waals surface area contributed by atoms with Crippen LogP contribution in [0.3, 0.4) is 0 Å². The topological polar surface area (TPSA) is 70.5 Å². The van der Waals surface area contributed by atoms with Crippen LogP contribution in [-0.2, 0) is 6.42 Å². The Labute approximate surface area is 137 Å². The lowest BCUT2D eigenvalue weighted by atomic mass is 10.0. The number of ether oxygens (including phenoxy) is 2. The minimum Gasteiger partial charge on any atom is -0.495 e. The Morgan fingerprint density at radius 3 is 1.48 bits per heavy atom. The second-order valence-electron chi connectivity index (χ2n) is 4.33. The van der Waals surface area contributed by atoms with Crippen molar-refractivity contribution >= 4 is 36.2 Å². The fourth-order valence-electron chi connectivity index (χ4n) is 1.97. The summed E-state index contributed by atoms with van der Waals surface area (Å²) in [6.45, 7) is 0. The summed E-state index contributed by atoms with van der Waals surface area (Å²) >= 11 is 0. The highest BCUT2D eigenvalue weighted by Crippen LogP contribution is 2.26. The van der Waals surface area contributed by atoms with Gasteiger partial charge in [-0.1, -0.05) is 12.1 Å². The molecule has 0 aliphatic rings. The van der Waals surface area contributed by atoms with Crippen LogP contribution in [0.5, 0.6) is 11.5 Å². The average molecular weight is 331 g/mol. The second-order valence-corrected chi connectivity index (χ2v) is 4.33. The molecule has 4 N–H and O–H groups in total. The van der Waals surface area contributed by atoms with Gasteiger partial charge in [0, 0.05) is 0 Å². The summed E-state index contributed by atoms with van der Waals surface area (Å²) < 4.78 is 10.4. The largest absolute Gasteiger partial charge is 0.495 e. The highest BCUT2D eigenvalue weighted by Gasteiger charge is 2.05. The van der Waals surface area contributed by atoms with E-state index < -0.39 is 0 Å². The van der Waals surface area contributed by atoms with Crippen molar-refractivity contribution in [3.63, 3.8) is 0 Å². The second kappa shape index (κ2) is 8.49. The molecule has 0 saturated heterocycles. The molecule has 0 atom stereocenters. The number of halogens is 2. The molecule has 0 spiro atoms. The van der Waals surface area contributed by atoms with E-state index in [2.05, 4.69) is 0 Å². The first-order valence-electron chi connectivity index (χ1n) is 5.99. The molecule has 0 aliphatic carbocycles. The summed E-state index contributed by atoms with van der Waals surface area (Å²) in [4.78, 5) is 0. The molecule has 0 unspecified atom stereocenters. The normalized spacial score (nSPS) is 9.24. The fraction of sp³-hybridized carbons (Fsp3) is 0.200. The van der Waals surface area contributed by atoms with E-state index in [9.17, 15) is 0 Å². The van der Waals surface area contributed by atoms with E-state index in [0.717, 1.165) is 17.5 Å². The standard InChI is InChI=1S/C15H18N2O2.2ClH/c1-18-14-8-10(3-5-12(14)16)7-11-4-6-13(17)15(9-11)19-2;;/h3-6,8-9H,7,16-17H2,1-2H3;2*1H. The third-order valence-corrected chi connectivity index (χ3v) is 3.00. The first kappa shape index (κ1) is 19.2. The number of hydrogen-bond donors (Lipinski definition) is 2. The summed E-state index contributed by atoms with van der Waals surface area (Å²) in [7, 11) is 3.23. The van der Waals surface area contributed by atoms with E-state index in [0.29, 0.717) is 22.9 Å². The maximum atomic E-state index is 5.80. The molecule has 2 rings (SSSR count). The summed E-state index contributed by atoms with van der Waals surface area (Å²) in [5.74, 6) is 1.39. The minimum absolute atomic E-state index is 0. The Hall–Kier alpha value is -1.78. The first-order chi connectivity index (χ1) is 9.13. The predicted octanol–water partition coefficient (Wildman–Crippen LogP) is 3.30. The number of benzene rings is 2. The van der Waals surface area contributed by atoms with Crippen molar-refractivity contribution in [2.24, 2.45) is 0 Å². The van der Waals surface area contributed by atoms with Gasteiger partial charge in [0.05, 0.1) is 25.6 Å². The van der Waals surface area contributed by atoms with E-state index in [1.807, 2.05) is 36.4 Å². The van der Waals surface area contributed by atoms with Crippen LogP contribution in [0, 0.1) is 0 Å². The van der Waals surface area contributed by atoms with E-state index in [4.69, 9.17) is 20.9 Å². The summed E-state index contributed by atoms with van der Waals surface area (Å²) in [6.07, 6.45) is 0.771. The molecular weight excluding hydrogens is 311 g/mol. The first-order valence-corrected chi connectivity index (χ1v) is 5.99. The van der Waals surface area contributed by atoms with Crippen LogP contribution in [0.25, 0.3) is 0 Å². The molecular formula is C15H20Cl2N2O2. The summed E-state index contributed by atoms with van der Waals surface area (Å²) in [5, 5.41) is 0. The van der Waals surface area contributed by atoms with Crippen LogP contribution >= 0.6 is 24.8 Å². The van der Waals surface area contributed by atoms with Gasteiger partial charge in [-0.3, -0.25) is 0 Å². The van der Waals surface area contributed by atoms with Crippen LogP contribution < -0.4 is 20.9 Å². The molecule has 2 aromatic carbocycles. The van der Waals surface area contributed by atoms with Crippen molar-refractivity contribution in [1.29, 1.82) is 0 Å². The molecule has 0 bridgehead atoms. The Morgan fingerprint density at radius 2 is 1.14 bits per heavy atom. The van der Waals surface area contributed by atoms with Crippen LogP contribution in [0.1, 0.15) is 11.1 Å².